The second-order valence-corrected chi connectivity index (χ2v) is 9.55. The number of carbonyl (C=O) groups excluding carboxylic acids is 3. The summed E-state index contributed by atoms with van der Waals surface area (Å²) in [5, 5.41) is 13.6. The zero-order valence-electron chi connectivity index (χ0n) is 17.1. The first kappa shape index (κ1) is 22.4. The molecule has 0 aliphatic carbocycles. The third-order valence-electron chi connectivity index (χ3n) is 5.17. The largest absolute Gasteiger partial charge is 0.427 e. The maximum Gasteiger partial charge on any atom is 0.358 e. The number of carbonyl (C=O) groups is 3. The first-order valence-corrected chi connectivity index (χ1v) is 10.7. The molecule has 2 aliphatic heterocycles. The standard InChI is InChI=1S/C20H24N2O6S2/c1-9(23)14-13-5-10(11-6-30-7-12(11)16(21)29)15(22(13)17(14)24)18(25)27-8-28-19(26)20(2,3)4/h6-7,9,13-14,23H,5,8H2,1-4H3,(H2,21,29)/t9-,13-,14-/m1/s1. The number of thiocarbonyl (C=S) groups is 1. The van der Waals surface area contributed by atoms with Crippen LogP contribution in [-0.2, 0) is 23.9 Å². The Hall–Kier alpha value is -2.30. The van der Waals surface area contributed by atoms with Crippen molar-refractivity contribution < 1.29 is 29.0 Å². The van der Waals surface area contributed by atoms with Crippen LogP contribution in [0.3, 0.4) is 0 Å². The number of hydrogen-bond donors (Lipinski definition) is 2. The number of thiophene rings is 1. The Morgan fingerprint density at radius 3 is 2.60 bits per heavy atom. The summed E-state index contributed by atoms with van der Waals surface area (Å²) in [5.74, 6) is -2.25. The minimum Gasteiger partial charge on any atom is -0.427 e. The van der Waals surface area contributed by atoms with Crippen molar-refractivity contribution in [2.24, 2.45) is 17.1 Å². The molecule has 1 fully saturated rings. The Balaban J connectivity index is 1.89. The van der Waals surface area contributed by atoms with Crippen LogP contribution in [0.1, 0.15) is 45.2 Å². The van der Waals surface area contributed by atoms with Crippen LogP contribution in [-0.4, -0.2) is 51.8 Å². The minimum absolute atomic E-state index is 0.0737. The number of rotatable bonds is 6. The van der Waals surface area contributed by atoms with Gasteiger partial charge >= 0.3 is 11.9 Å². The average molecular weight is 453 g/mol. The molecule has 0 spiro atoms. The molecular weight excluding hydrogens is 428 g/mol. The molecule has 10 heteroatoms. The monoisotopic (exact) mass is 452 g/mol. The van der Waals surface area contributed by atoms with Gasteiger partial charge in [0.05, 0.1) is 23.5 Å². The maximum atomic E-state index is 12.9. The summed E-state index contributed by atoms with van der Waals surface area (Å²) in [6, 6.07) is -0.355. The summed E-state index contributed by atoms with van der Waals surface area (Å²) >= 11 is 6.48. The first-order chi connectivity index (χ1) is 13.9. The van der Waals surface area contributed by atoms with E-state index in [4.69, 9.17) is 27.4 Å². The zero-order valence-corrected chi connectivity index (χ0v) is 18.8. The van der Waals surface area contributed by atoms with E-state index >= 15 is 0 Å². The van der Waals surface area contributed by atoms with E-state index in [9.17, 15) is 19.5 Å². The summed E-state index contributed by atoms with van der Waals surface area (Å²) in [4.78, 5) is 38.9. The van der Waals surface area contributed by atoms with E-state index in [0.717, 1.165) is 0 Å². The Kier molecular flexibility index (Phi) is 6.03. The van der Waals surface area contributed by atoms with Crippen LogP contribution in [0.25, 0.3) is 5.57 Å². The third-order valence-corrected chi connectivity index (χ3v) is 6.13. The van der Waals surface area contributed by atoms with E-state index in [1.165, 1.54) is 16.2 Å². The molecule has 3 heterocycles. The highest BCUT2D eigenvalue weighted by atomic mass is 32.1. The smallest absolute Gasteiger partial charge is 0.358 e. The zero-order chi connectivity index (χ0) is 22.4. The van der Waals surface area contributed by atoms with Crippen LogP contribution in [0.4, 0.5) is 0 Å². The minimum atomic E-state index is -0.847. The second kappa shape index (κ2) is 8.09. The van der Waals surface area contributed by atoms with Gasteiger partial charge in [-0.25, -0.2) is 4.79 Å². The Bertz CT molecular complexity index is 943. The molecular formula is C20H24N2O6S2. The van der Waals surface area contributed by atoms with Gasteiger partial charge in [-0.1, -0.05) is 12.2 Å². The normalized spacial score (nSPS) is 21.8. The number of nitrogens with zero attached hydrogens (tertiary/aromatic N) is 1. The fourth-order valence-corrected chi connectivity index (χ4v) is 4.75. The molecule has 162 valence electrons. The van der Waals surface area contributed by atoms with Crippen molar-refractivity contribution in [3.63, 3.8) is 0 Å². The Morgan fingerprint density at radius 2 is 2.03 bits per heavy atom. The van der Waals surface area contributed by atoms with Crippen LogP contribution in [0, 0.1) is 11.3 Å². The number of nitrogens with two attached hydrogens (primary N) is 1. The number of aliphatic hydroxyl groups excluding tert-OH is 1. The summed E-state index contributed by atoms with van der Waals surface area (Å²) < 4.78 is 10.2. The van der Waals surface area contributed by atoms with Crippen molar-refractivity contribution in [1.29, 1.82) is 0 Å². The second-order valence-electron chi connectivity index (χ2n) is 8.37. The molecule has 0 bridgehead atoms. The maximum absolute atomic E-state index is 12.9. The summed E-state index contributed by atoms with van der Waals surface area (Å²) in [7, 11) is 0. The molecule has 30 heavy (non-hydrogen) atoms. The van der Waals surface area contributed by atoms with Crippen molar-refractivity contribution in [2.45, 2.75) is 46.3 Å². The number of fused-ring (bicyclic) bond motifs is 1. The van der Waals surface area contributed by atoms with Gasteiger partial charge in [-0.2, -0.15) is 11.3 Å². The van der Waals surface area contributed by atoms with Crippen LogP contribution in [0.2, 0.25) is 0 Å². The molecule has 0 unspecified atom stereocenters. The van der Waals surface area contributed by atoms with Gasteiger partial charge in [0.2, 0.25) is 12.7 Å². The van der Waals surface area contributed by atoms with Gasteiger partial charge in [-0.05, 0) is 45.1 Å². The predicted octanol–water partition coefficient (Wildman–Crippen LogP) is 1.79. The van der Waals surface area contributed by atoms with Gasteiger partial charge in [-0.15, -0.1) is 0 Å². The van der Waals surface area contributed by atoms with Crippen LogP contribution >= 0.6 is 23.6 Å². The molecule has 0 aromatic carbocycles. The molecule has 1 aromatic rings. The highest BCUT2D eigenvalue weighted by Crippen LogP contribution is 2.48. The van der Waals surface area contributed by atoms with Crippen LogP contribution in [0.15, 0.2) is 16.5 Å². The number of ether oxygens (including phenoxy) is 2. The number of hydrogen-bond acceptors (Lipinski definition) is 8. The van der Waals surface area contributed by atoms with E-state index in [0.29, 0.717) is 23.1 Å². The molecule has 0 saturated carbocycles. The third kappa shape index (κ3) is 3.86. The Morgan fingerprint density at radius 1 is 1.37 bits per heavy atom. The fourth-order valence-electron chi connectivity index (χ4n) is 3.64. The molecule has 2 aliphatic rings. The van der Waals surface area contributed by atoms with E-state index < -0.39 is 36.2 Å². The van der Waals surface area contributed by atoms with Gasteiger partial charge in [0, 0.05) is 16.5 Å². The van der Waals surface area contributed by atoms with Crippen LogP contribution in [0.5, 0.6) is 0 Å². The van der Waals surface area contributed by atoms with Crippen molar-refractivity contribution >= 4 is 52.0 Å². The van der Waals surface area contributed by atoms with Crippen molar-refractivity contribution in [3.8, 4) is 0 Å². The lowest BCUT2D eigenvalue weighted by molar-refractivity contribution is -0.175. The quantitative estimate of drug-likeness (QED) is 0.290. The summed E-state index contributed by atoms with van der Waals surface area (Å²) in [5.41, 5.74) is 7.00. The summed E-state index contributed by atoms with van der Waals surface area (Å²) in [6.45, 7) is 6.03. The fraction of sp³-hybridized carbons (Fsp3) is 0.500. The van der Waals surface area contributed by atoms with Gasteiger partial charge in [0.1, 0.15) is 10.7 Å². The van der Waals surface area contributed by atoms with Crippen molar-refractivity contribution in [1.82, 2.24) is 4.90 Å². The van der Waals surface area contributed by atoms with E-state index in [-0.39, 0.29) is 22.6 Å². The summed E-state index contributed by atoms with van der Waals surface area (Å²) in [6.07, 6.45) is -0.486. The lowest BCUT2D eigenvalue weighted by Gasteiger charge is -2.44. The van der Waals surface area contributed by atoms with Crippen molar-refractivity contribution in [3.05, 3.63) is 27.6 Å². The molecule has 1 aromatic heterocycles. The van der Waals surface area contributed by atoms with Gasteiger partial charge in [0.15, 0.2) is 0 Å². The van der Waals surface area contributed by atoms with E-state index in [1.807, 2.05) is 5.38 Å². The highest BCUT2D eigenvalue weighted by Gasteiger charge is 2.57. The molecule has 8 nitrogen and oxygen atoms in total. The topological polar surface area (TPSA) is 119 Å². The number of β-lactam (4-membered cyclic amide) rings is 1. The molecule has 3 N–H and O–H groups in total. The SMILES string of the molecule is C[C@@H](O)[C@H]1C(=O)N2C(C(=O)OCOC(=O)C(C)(C)C)=C(c3cscc3C(N)=S)C[C@H]12. The molecule has 0 radical (unpaired) electrons. The van der Waals surface area contributed by atoms with Gasteiger partial charge in [-0.3, -0.25) is 9.59 Å². The van der Waals surface area contributed by atoms with Gasteiger partial charge < -0.3 is 25.2 Å². The molecule has 3 atom stereocenters. The van der Waals surface area contributed by atoms with E-state index in [1.54, 1.807) is 33.1 Å². The van der Waals surface area contributed by atoms with Crippen LogP contribution < -0.4 is 5.73 Å². The van der Waals surface area contributed by atoms with E-state index in [2.05, 4.69) is 0 Å². The first-order valence-electron chi connectivity index (χ1n) is 9.40. The molecule has 1 amide bonds. The average Bonchev–Trinajstić information content (AvgIpc) is 3.22. The number of aliphatic hydroxyl groups is 1. The lowest BCUT2D eigenvalue weighted by Crippen LogP contribution is -2.61. The van der Waals surface area contributed by atoms with Crippen molar-refractivity contribution in [2.75, 3.05) is 6.79 Å². The predicted molar refractivity (Wildman–Crippen MR) is 114 cm³/mol. The Labute approximate surface area is 183 Å². The highest BCUT2D eigenvalue weighted by molar-refractivity contribution is 7.80. The molecule has 1 saturated heterocycles. The lowest BCUT2D eigenvalue weighted by atomic mass is 9.82. The van der Waals surface area contributed by atoms with Gasteiger partial charge in [0.25, 0.3) is 0 Å². The number of amides is 1. The number of esters is 2. The molecule has 3 rings (SSSR count).